The zero-order chi connectivity index (χ0) is 14.0. The summed E-state index contributed by atoms with van der Waals surface area (Å²) in [4.78, 5) is 2.52. The van der Waals surface area contributed by atoms with E-state index in [1.54, 1.807) is 0 Å². The maximum Gasteiger partial charge on any atom is 0.131 e. The summed E-state index contributed by atoms with van der Waals surface area (Å²) in [6, 6.07) is 0.739. The van der Waals surface area contributed by atoms with Crippen LogP contribution in [0.2, 0.25) is 0 Å². The molecule has 0 saturated heterocycles. The first-order valence-corrected chi connectivity index (χ1v) is 7.54. The Kier molecular flexibility index (Phi) is 4.50. The first kappa shape index (κ1) is 14.4. The standard InChI is InChI=1S/C15H28N4/c1-6-19(13-7-8-13)15-14(10-16-9-11(2)3)12(4)17-18(15)5/h11,13,16H,6-10H2,1-5H3. The topological polar surface area (TPSA) is 33.1 Å². The van der Waals surface area contributed by atoms with Crippen LogP contribution in [-0.2, 0) is 13.6 Å². The van der Waals surface area contributed by atoms with Gasteiger partial charge in [-0.25, -0.2) is 0 Å². The molecule has 0 unspecified atom stereocenters. The summed E-state index contributed by atoms with van der Waals surface area (Å²) >= 11 is 0. The van der Waals surface area contributed by atoms with Gasteiger partial charge in [-0.05, 0) is 39.2 Å². The van der Waals surface area contributed by atoms with E-state index in [0.29, 0.717) is 5.92 Å². The number of aryl methyl sites for hydroxylation is 2. The number of aromatic nitrogens is 2. The minimum atomic E-state index is 0.686. The second kappa shape index (κ2) is 5.95. The summed E-state index contributed by atoms with van der Waals surface area (Å²) in [5, 5.41) is 8.18. The molecule has 1 aromatic heterocycles. The van der Waals surface area contributed by atoms with Crippen molar-refractivity contribution in [1.82, 2.24) is 15.1 Å². The van der Waals surface area contributed by atoms with Gasteiger partial charge in [-0.1, -0.05) is 13.8 Å². The largest absolute Gasteiger partial charge is 0.354 e. The predicted molar refractivity (Wildman–Crippen MR) is 80.5 cm³/mol. The van der Waals surface area contributed by atoms with E-state index in [2.05, 4.69) is 54.7 Å². The molecule has 19 heavy (non-hydrogen) atoms. The van der Waals surface area contributed by atoms with Crippen molar-refractivity contribution in [1.29, 1.82) is 0 Å². The first-order valence-electron chi connectivity index (χ1n) is 7.54. The average Bonchev–Trinajstić information content (AvgIpc) is 3.11. The molecule has 0 radical (unpaired) electrons. The summed E-state index contributed by atoms with van der Waals surface area (Å²) in [5.41, 5.74) is 2.53. The van der Waals surface area contributed by atoms with Crippen LogP contribution in [-0.4, -0.2) is 28.9 Å². The molecule has 1 fully saturated rings. The third-order valence-corrected chi connectivity index (χ3v) is 3.77. The van der Waals surface area contributed by atoms with Gasteiger partial charge >= 0.3 is 0 Å². The van der Waals surface area contributed by atoms with Gasteiger partial charge in [0.2, 0.25) is 0 Å². The van der Waals surface area contributed by atoms with Crippen LogP contribution in [0.5, 0.6) is 0 Å². The highest BCUT2D eigenvalue weighted by molar-refractivity contribution is 5.52. The van der Waals surface area contributed by atoms with Crippen LogP contribution < -0.4 is 10.2 Å². The summed E-state index contributed by atoms with van der Waals surface area (Å²) in [7, 11) is 2.07. The van der Waals surface area contributed by atoms with E-state index in [1.807, 2.05) is 0 Å². The Morgan fingerprint density at radius 1 is 1.42 bits per heavy atom. The molecule has 1 heterocycles. The molecular formula is C15H28N4. The van der Waals surface area contributed by atoms with E-state index in [4.69, 9.17) is 0 Å². The Balaban J connectivity index is 2.16. The molecule has 1 aliphatic rings. The van der Waals surface area contributed by atoms with Crippen LogP contribution in [0, 0.1) is 12.8 Å². The summed E-state index contributed by atoms with van der Waals surface area (Å²) < 4.78 is 2.06. The zero-order valence-corrected chi connectivity index (χ0v) is 13.0. The lowest BCUT2D eigenvalue weighted by Gasteiger charge is -2.24. The van der Waals surface area contributed by atoms with Crippen molar-refractivity contribution in [3.05, 3.63) is 11.3 Å². The van der Waals surface area contributed by atoms with E-state index < -0.39 is 0 Å². The second-order valence-corrected chi connectivity index (χ2v) is 6.05. The molecule has 0 aromatic carbocycles. The van der Waals surface area contributed by atoms with Gasteiger partial charge in [-0.2, -0.15) is 5.10 Å². The van der Waals surface area contributed by atoms with Crippen molar-refractivity contribution >= 4 is 5.82 Å². The van der Waals surface area contributed by atoms with Gasteiger partial charge in [0.15, 0.2) is 0 Å². The van der Waals surface area contributed by atoms with Crippen LogP contribution in [0.25, 0.3) is 0 Å². The molecule has 0 bridgehead atoms. The molecule has 4 heteroatoms. The Morgan fingerprint density at radius 3 is 2.63 bits per heavy atom. The fourth-order valence-electron chi connectivity index (χ4n) is 2.71. The normalized spacial score (nSPS) is 15.3. The molecule has 0 amide bonds. The van der Waals surface area contributed by atoms with Crippen LogP contribution in [0.15, 0.2) is 0 Å². The summed E-state index contributed by atoms with van der Waals surface area (Å²) in [6.45, 7) is 11.9. The van der Waals surface area contributed by atoms with Gasteiger partial charge in [-0.15, -0.1) is 0 Å². The third-order valence-electron chi connectivity index (χ3n) is 3.77. The molecule has 1 aliphatic carbocycles. The first-order chi connectivity index (χ1) is 9.04. The number of nitrogens with one attached hydrogen (secondary N) is 1. The van der Waals surface area contributed by atoms with Crippen molar-refractivity contribution in [3.63, 3.8) is 0 Å². The Labute approximate surface area is 117 Å². The summed E-state index contributed by atoms with van der Waals surface area (Å²) in [5.74, 6) is 2.00. The summed E-state index contributed by atoms with van der Waals surface area (Å²) in [6.07, 6.45) is 2.66. The van der Waals surface area contributed by atoms with E-state index in [9.17, 15) is 0 Å². The Bertz CT molecular complexity index is 418. The lowest BCUT2D eigenvalue weighted by Crippen LogP contribution is -2.29. The molecule has 1 aromatic rings. The average molecular weight is 264 g/mol. The minimum absolute atomic E-state index is 0.686. The molecule has 4 nitrogen and oxygen atoms in total. The molecule has 1 N–H and O–H groups in total. The lowest BCUT2D eigenvalue weighted by atomic mass is 10.2. The van der Waals surface area contributed by atoms with E-state index >= 15 is 0 Å². The molecule has 0 spiro atoms. The number of hydrogen-bond acceptors (Lipinski definition) is 3. The molecule has 0 atom stereocenters. The predicted octanol–water partition coefficient (Wildman–Crippen LogP) is 2.46. The maximum atomic E-state index is 4.62. The van der Waals surface area contributed by atoms with Crippen molar-refractivity contribution < 1.29 is 0 Å². The molecule has 1 saturated carbocycles. The van der Waals surface area contributed by atoms with Crippen LogP contribution >= 0.6 is 0 Å². The monoisotopic (exact) mass is 264 g/mol. The third kappa shape index (κ3) is 3.30. The highest BCUT2D eigenvalue weighted by Gasteiger charge is 2.31. The molecule has 0 aliphatic heterocycles. The minimum Gasteiger partial charge on any atom is -0.354 e. The van der Waals surface area contributed by atoms with E-state index in [0.717, 1.165) is 31.4 Å². The van der Waals surface area contributed by atoms with E-state index in [-0.39, 0.29) is 0 Å². The van der Waals surface area contributed by atoms with Gasteiger partial charge in [0.25, 0.3) is 0 Å². The molecule has 108 valence electrons. The quantitative estimate of drug-likeness (QED) is 0.821. The fraction of sp³-hybridized carbons (Fsp3) is 0.800. The van der Waals surface area contributed by atoms with Gasteiger partial charge in [0.05, 0.1) is 5.69 Å². The molecular weight excluding hydrogens is 236 g/mol. The van der Waals surface area contributed by atoms with Gasteiger partial charge in [0, 0.05) is 31.7 Å². The highest BCUT2D eigenvalue weighted by Crippen LogP contribution is 2.34. The SMILES string of the molecule is CCN(c1c(CNCC(C)C)c(C)nn1C)C1CC1. The number of hydrogen-bond donors (Lipinski definition) is 1. The highest BCUT2D eigenvalue weighted by atomic mass is 15.4. The second-order valence-electron chi connectivity index (χ2n) is 6.05. The van der Waals surface area contributed by atoms with Crippen LogP contribution in [0.1, 0.15) is 44.9 Å². The van der Waals surface area contributed by atoms with Crippen LogP contribution in [0.3, 0.4) is 0 Å². The van der Waals surface area contributed by atoms with Crippen molar-refractivity contribution in [3.8, 4) is 0 Å². The van der Waals surface area contributed by atoms with E-state index in [1.165, 1.54) is 24.2 Å². The Hall–Kier alpha value is -1.03. The smallest absolute Gasteiger partial charge is 0.131 e. The number of nitrogens with zero attached hydrogens (tertiary/aromatic N) is 3. The van der Waals surface area contributed by atoms with Gasteiger partial charge < -0.3 is 10.2 Å². The van der Waals surface area contributed by atoms with Gasteiger partial charge in [0.1, 0.15) is 5.82 Å². The van der Waals surface area contributed by atoms with Crippen LogP contribution in [0.4, 0.5) is 5.82 Å². The van der Waals surface area contributed by atoms with Crippen molar-refractivity contribution in [2.75, 3.05) is 18.0 Å². The fourth-order valence-corrected chi connectivity index (χ4v) is 2.71. The van der Waals surface area contributed by atoms with Crippen molar-refractivity contribution in [2.45, 2.75) is 53.1 Å². The molecule has 2 rings (SSSR count). The van der Waals surface area contributed by atoms with Crippen molar-refractivity contribution in [2.24, 2.45) is 13.0 Å². The Morgan fingerprint density at radius 2 is 2.11 bits per heavy atom. The number of rotatable bonds is 7. The number of anilines is 1. The zero-order valence-electron chi connectivity index (χ0n) is 13.0. The lowest BCUT2D eigenvalue weighted by molar-refractivity contribution is 0.551. The van der Waals surface area contributed by atoms with Gasteiger partial charge in [-0.3, -0.25) is 4.68 Å². The maximum absolute atomic E-state index is 4.62.